The molecule has 1 heterocycles. The molecule has 132 valence electrons. The Kier molecular flexibility index (Phi) is 5.84. The molecular weight excluding hydrogens is 357 g/mol. The molecule has 1 unspecified atom stereocenters. The van der Waals surface area contributed by atoms with Gasteiger partial charge in [-0.25, -0.2) is 4.98 Å². The normalized spacial score (nSPS) is 12.5. The van der Waals surface area contributed by atoms with Gasteiger partial charge in [-0.3, -0.25) is 0 Å². The Balaban J connectivity index is 1.98. The van der Waals surface area contributed by atoms with Crippen LogP contribution in [0.1, 0.15) is 6.92 Å². The van der Waals surface area contributed by atoms with Crippen LogP contribution in [0.25, 0.3) is 21.8 Å². The van der Waals surface area contributed by atoms with E-state index in [1.807, 2.05) is 43.3 Å². The highest BCUT2D eigenvalue weighted by Gasteiger charge is 2.10. The lowest BCUT2D eigenvalue weighted by atomic mass is 10.1. The monoisotopic (exact) mass is 377 g/mol. The van der Waals surface area contributed by atoms with Crippen LogP contribution < -0.4 is 15.4 Å². The number of pyridine rings is 1. The predicted octanol–water partition coefficient (Wildman–Crippen LogP) is 4.68. The van der Waals surface area contributed by atoms with E-state index < -0.39 is 0 Å². The maximum absolute atomic E-state index is 6.14. The Hall–Kier alpha value is -1.75. The second kappa shape index (κ2) is 8.09. The van der Waals surface area contributed by atoms with Crippen molar-refractivity contribution in [2.75, 3.05) is 32.1 Å². The number of nitrogens with one attached hydrogen (secondary N) is 2. The summed E-state index contributed by atoms with van der Waals surface area (Å²) in [5, 5.41) is 9.72. The minimum absolute atomic E-state index is 0.119. The van der Waals surface area contributed by atoms with Crippen LogP contribution in [0.5, 0.6) is 5.75 Å². The summed E-state index contributed by atoms with van der Waals surface area (Å²) in [6.07, 6.45) is 0. The van der Waals surface area contributed by atoms with Gasteiger partial charge < -0.3 is 15.4 Å². The molecule has 1 atom stereocenters. The molecule has 0 saturated carbocycles. The lowest BCUT2D eigenvalue weighted by molar-refractivity contribution is 0.415. The van der Waals surface area contributed by atoms with Crippen molar-refractivity contribution < 1.29 is 4.74 Å². The highest BCUT2D eigenvalue weighted by atomic mass is 35.5. The van der Waals surface area contributed by atoms with Gasteiger partial charge in [-0.05, 0) is 43.3 Å². The Labute approximate surface area is 157 Å². The molecule has 2 N–H and O–H groups in total. The molecule has 3 rings (SSSR count). The van der Waals surface area contributed by atoms with Gasteiger partial charge in [-0.15, -0.1) is 11.6 Å². The van der Waals surface area contributed by atoms with Crippen molar-refractivity contribution in [3.05, 3.63) is 41.4 Å². The summed E-state index contributed by atoms with van der Waals surface area (Å²) in [7, 11) is 1.67. The van der Waals surface area contributed by atoms with E-state index in [0.717, 1.165) is 52.9 Å². The fraction of sp³-hybridized carbons (Fsp3) is 0.316. The molecule has 2 aromatic carbocycles. The number of benzene rings is 2. The summed E-state index contributed by atoms with van der Waals surface area (Å²) < 4.78 is 5.37. The van der Waals surface area contributed by atoms with Crippen molar-refractivity contribution in [2.24, 2.45) is 0 Å². The first-order chi connectivity index (χ1) is 12.1. The highest BCUT2D eigenvalue weighted by molar-refractivity contribution is 6.31. The SMILES string of the molecule is COc1ccc2nc3cc(Cl)ccc3c(NCCNCC(C)Cl)c2c1. The Morgan fingerprint density at radius 1 is 1.08 bits per heavy atom. The Morgan fingerprint density at radius 3 is 2.68 bits per heavy atom. The lowest BCUT2D eigenvalue weighted by Gasteiger charge is -2.15. The molecule has 1 aromatic heterocycles. The molecule has 3 aromatic rings. The highest BCUT2D eigenvalue weighted by Crippen LogP contribution is 2.33. The van der Waals surface area contributed by atoms with Crippen LogP contribution >= 0.6 is 23.2 Å². The molecule has 4 nitrogen and oxygen atoms in total. The fourth-order valence-electron chi connectivity index (χ4n) is 2.79. The summed E-state index contributed by atoms with van der Waals surface area (Å²) in [4.78, 5) is 4.73. The number of nitrogens with zero attached hydrogens (tertiary/aromatic N) is 1. The summed E-state index contributed by atoms with van der Waals surface area (Å²) in [5.74, 6) is 0.805. The number of fused-ring (bicyclic) bond motifs is 2. The van der Waals surface area contributed by atoms with Gasteiger partial charge >= 0.3 is 0 Å². The first kappa shape index (κ1) is 18.1. The molecule has 0 spiro atoms. The quantitative estimate of drug-likeness (QED) is 0.356. The van der Waals surface area contributed by atoms with Crippen LogP contribution in [0, 0.1) is 0 Å². The van der Waals surface area contributed by atoms with Crippen LogP contribution in [0.3, 0.4) is 0 Å². The van der Waals surface area contributed by atoms with Crippen LogP contribution in [-0.2, 0) is 0 Å². The molecule has 0 aliphatic rings. The van der Waals surface area contributed by atoms with E-state index >= 15 is 0 Å². The first-order valence-electron chi connectivity index (χ1n) is 8.24. The lowest BCUT2D eigenvalue weighted by Crippen LogP contribution is -2.27. The van der Waals surface area contributed by atoms with Crippen molar-refractivity contribution in [1.29, 1.82) is 0 Å². The van der Waals surface area contributed by atoms with Gasteiger partial charge in [0.1, 0.15) is 5.75 Å². The first-order valence-corrected chi connectivity index (χ1v) is 9.05. The number of halogens is 2. The summed E-state index contributed by atoms with van der Waals surface area (Å²) in [6.45, 7) is 4.35. The molecule has 6 heteroatoms. The average molecular weight is 378 g/mol. The number of hydrogen-bond acceptors (Lipinski definition) is 4. The maximum Gasteiger partial charge on any atom is 0.119 e. The average Bonchev–Trinajstić information content (AvgIpc) is 2.59. The van der Waals surface area contributed by atoms with Crippen molar-refractivity contribution in [1.82, 2.24) is 10.3 Å². The van der Waals surface area contributed by atoms with Gasteiger partial charge in [0, 0.05) is 40.8 Å². The van der Waals surface area contributed by atoms with Gasteiger partial charge in [-0.1, -0.05) is 11.6 Å². The van der Waals surface area contributed by atoms with Gasteiger partial charge in [0.15, 0.2) is 0 Å². The van der Waals surface area contributed by atoms with E-state index in [1.165, 1.54) is 0 Å². The number of alkyl halides is 1. The van der Waals surface area contributed by atoms with E-state index in [-0.39, 0.29) is 5.38 Å². The maximum atomic E-state index is 6.14. The number of ether oxygens (including phenoxy) is 1. The van der Waals surface area contributed by atoms with Crippen molar-refractivity contribution in [2.45, 2.75) is 12.3 Å². The van der Waals surface area contributed by atoms with Crippen LogP contribution in [0.15, 0.2) is 36.4 Å². The van der Waals surface area contributed by atoms with E-state index in [2.05, 4.69) is 10.6 Å². The van der Waals surface area contributed by atoms with Crippen molar-refractivity contribution >= 4 is 50.7 Å². The minimum Gasteiger partial charge on any atom is -0.497 e. The molecule has 0 radical (unpaired) electrons. The van der Waals surface area contributed by atoms with Gasteiger partial charge in [0.2, 0.25) is 0 Å². The molecular formula is C19H21Cl2N3O. The predicted molar refractivity (Wildman–Crippen MR) is 107 cm³/mol. The summed E-state index contributed by atoms with van der Waals surface area (Å²) in [6, 6.07) is 11.7. The van der Waals surface area contributed by atoms with Gasteiger partial charge in [0.05, 0.1) is 23.8 Å². The van der Waals surface area contributed by atoms with Crippen molar-refractivity contribution in [3.8, 4) is 5.75 Å². The largest absolute Gasteiger partial charge is 0.497 e. The van der Waals surface area contributed by atoms with E-state index in [4.69, 9.17) is 32.9 Å². The zero-order valence-electron chi connectivity index (χ0n) is 14.3. The smallest absolute Gasteiger partial charge is 0.119 e. The van der Waals surface area contributed by atoms with Crippen molar-refractivity contribution in [3.63, 3.8) is 0 Å². The zero-order chi connectivity index (χ0) is 17.8. The van der Waals surface area contributed by atoms with Gasteiger partial charge in [0.25, 0.3) is 0 Å². The molecule has 0 saturated heterocycles. The summed E-state index contributed by atoms with van der Waals surface area (Å²) >= 11 is 12.1. The number of rotatable bonds is 7. The molecule has 0 fully saturated rings. The molecule has 25 heavy (non-hydrogen) atoms. The van der Waals surface area contributed by atoms with Crippen LogP contribution in [0.2, 0.25) is 5.02 Å². The third kappa shape index (κ3) is 4.27. The number of anilines is 1. The topological polar surface area (TPSA) is 46.2 Å². The molecule has 0 aliphatic carbocycles. The molecule has 0 bridgehead atoms. The van der Waals surface area contributed by atoms with E-state index in [9.17, 15) is 0 Å². The van der Waals surface area contributed by atoms with E-state index in [0.29, 0.717) is 5.02 Å². The second-order valence-electron chi connectivity index (χ2n) is 5.94. The fourth-order valence-corrected chi connectivity index (χ4v) is 3.07. The Bertz CT molecular complexity index is 883. The number of aromatic nitrogens is 1. The van der Waals surface area contributed by atoms with Crippen LogP contribution in [0.4, 0.5) is 5.69 Å². The number of methoxy groups -OCH3 is 1. The Morgan fingerprint density at radius 2 is 1.92 bits per heavy atom. The minimum atomic E-state index is 0.119. The molecule has 0 aliphatic heterocycles. The molecule has 0 amide bonds. The van der Waals surface area contributed by atoms with Crippen LogP contribution in [-0.4, -0.2) is 37.1 Å². The third-order valence-corrected chi connectivity index (χ3v) is 4.36. The standard InChI is InChI=1S/C19H21Cl2N3O/c1-12(20)11-22-7-8-23-19-15-5-3-13(21)9-18(15)24-17-6-4-14(25-2)10-16(17)19/h3-6,9-10,12,22H,7-8,11H2,1-2H3,(H,23,24). The third-order valence-electron chi connectivity index (χ3n) is 3.97. The second-order valence-corrected chi connectivity index (χ2v) is 7.12. The number of hydrogen-bond donors (Lipinski definition) is 2. The summed E-state index contributed by atoms with van der Waals surface area (Å²) in [5.41, 5.74) is 2.81. The zero-order valence-corrected chi connectivity index (χ0v) is 15.8. The van der Waals surface area contributed by atoms with E-state index in [1.54, 1.807) is 7.11 Å². The van der Waals surface area contributed by atoms with Gasteiger partial charge in [-0.2, -0.15) is 0 Å².